The Morgan fingerprint density at radius 3 is 2.44 bits per heavy atom. The van der Waals surface area contributed by atoms with Crippen molar-refractivity contribution in [3.63, 3.8) is 0 Å². The van der Waals surface area contributed by atoms with Gasteiger partial charge in [0.15, 0.2) is 6.29 Å². The molecule has 1 N–H and O–H groups in total. The number of esters is 1. The second kappa shape index (κ2) is 3.59. The van der Waals surface area contributed by atoms with E-state index < -0.39 is 11.7 Å². The minimum absolute atomic E-state index is 0.103. The van der Waals surface area contributed by atoms with E-state index in [-0.39, 0.29) is 6.29 Å². The lowest BCUT2D eigenvalue weighted by molar-refractivity contribution is -0.133. The molecule has 50 valence electrons. The lowest BCUT2D eigenvalue weighted by Crippen LogP contribution is -2.16. The quantitative estimate of drug-likeness (QED) is 0.133. The summed E-state index contributed by atoms with van der Waals surface area (Å²) in [6.45, 7) is 0. The van der Waals surface area contributed by atoms with Crippen LogP contribution >= 0.6 is 0 Å². The molecule has 0 aromatic carbocycles. The van der Waals surface area contributed by atoms with E-state index in [1.54, 1.807) is 0 Å². The first kappa shape index (κ1) is 7.61. The molecule has 0 aliphatic carbocycles. The summed E-state index contributed by atoms with van der Waals surface area (Å²) < 4.78 is 4.03. The van der Waals surface area contributed by atoms with Crippen LogP contribution in [0.1, 0.15) is 0 Å². The van der Waals surface area contributed by atoms with Gasteiger partial charge in [0.25, 0.3) is 0 Å². The van der Waals surface area contributed by atoms with Gasteiger partial charge >= 0.3 is 5.97 Å². The van der Waals surface area contributed by atoms with E-state index in [0.29, 0.717) is 0 Å². The minimum Gasteiger partial charge on any atom is -0.464 e. The Bertz CT molecular complexity index is 151. The first-order chi connectivity index (χ1) is 4.26. The molecule has 0 amide bonds. The molecule has 0 fully saturated rings. The van der Waals surface area contributed by atoms with Crippen LogP contribution in [0.2, 0.25) is 0 Å². The standard InChI is InChI=1S/C4H5NO4/c1-9-4(7)3(2-6)5-8/h2,8H,1H3. The highest BCUT2D eigenvalue weighted by molar-refractivity contribution is 6.58. The summed E-state index contributed by atoms with van der Waals surface area (Å²) in [4.78, 5) is 20.0. The van der Waals surface area contributed by atoms with Gasteiger partial charge in [0.05, 0.1) is 7.11 Å². The van der Waals surface area contributed by atoms with Gasteiger partial charge < -0.3 is 9.94 Å². The molecule has 0 saturated carbocycles. The maximum atomic E-state index is 10.2. The molecular weight excluding hydrogens is 126 g/mol. The second-order valence-electron chi connectivity index (χ2n) is 1.09. The number of hydrogen-bond acceptors (Lipinski definition) is 5. The monoisotopic (exact) mass is 131 g/mol. The number of methoxy groups -OCH3 is 1. The van der Waals surface area contributed by atoms with Crippen molar-refractivity contribution in [1.82, 2.24) is 0 Å². The summed E-state index contributed by atoms with van der Waals surface area (Å²) in [5.41, 5.74) is -0.641. The van der Waals surface area contributed by atoms with Crippen LogP contribution in [0.4, 0.5) is 0 Å². The fourth-order valence-electron chi connectivity index (χ4n) is 0.217. The Morgan fingerprint density at radius 2 is 2.33 bits per heavy atom. The molecule has 5 nitrogen and oxygen atoms in total. The van der Waals surface area contributed by atoms with E-state index in [0.717, 1.165) is 7.11 Å². The third kappa shape index (κ3) is 1.89. The first-order valence-corrected chi connectivity index (χ1v) is 2.01. The molecule has 0 bridgehead atoms. The molecule has 0 aliphatic rings. The fourth-order valence-corrected chi connectivity index (χ4v) is 0.217. The molecule has 0 atom stereocenters. The molecule has 0 aliphatic heterocycles. The average Bonchev–Trinajstić information content (AvgIpc) is 1.90. The number of nitrogens with zero attached hydrogens (tertiary/aromatic N) is 1. The lowest BCUT2D eigenvalue weighted by atomic mass is 10.4. The Morgan fingerprint density at radius 1 is 1.78 bits per heavy atom. The SMILES string of the molecule is COC(=O)C(C=O)=NO. The van der Waals surface area contributed by atoms with Crippen molar-refractivity contribution in [3.8, 4) is 0 Å². The zero-order valence-electron chi connectivity index (χ0n) is 4.70. The Hall–Kier alpha value is -1.39. The smallest absolute Gasteiger partial charge is 0.363 e. The largest absolute Gasteiger partial charge is 0.464 e. The summed E-state index contributed by atoms with van der Waals surface area (Å²) >= 11 is 0. The summed E-state index contributed by atoms with van der Waals surface area (Å²) in [5.74, 6) is -0.951. The minimum atomic E-state index is -0.951. The zero-order chi connectivity index (χ0) is 7.28. The number of carbonyl (C=O) groups is 2. The highest BCUT2D eigenvalue weighted by Gasteiger charge is 2.09. The summed E-state index contributed by atoms with van der Waals surface area (Å²) in [6.07, 6.45) is 0.103. The van der Waals surface area contributed by atoms with E-state index in [2.05, 4.69) is 9.89 Å². The summed E-state index contributed by atoms with van der Waals surface area (Å²) in [5, 5.41) is 10.2. The van der Waals surface area contributed by atoms with E-state index in [4.69, 9.17) is 5.21 Å². The van der Waals surface area contributed by atoms with Gasteiger partial charge in [-0.05, 0) is 0 Å². The van der Waals surface area contributed by atoms with Crippen LogP contribution in [0.3, 0.4) is 0 Å². The summed E-state index contributed by atoms with van der Waals surface area (Å²) in [7, 11) is 1.08. The van der Waals surface area contributed by atoms with Gasteiger partial charge in [-0.3, -0.25) is 4.79 Å². The Balaban J connectivity index is 4.14. The molecule has 0 aromatic rings. The van der Waals surface area contributed by atoms with Gasteiger partial charge in [-0.1, -0.05) is 5.16 Å². The van der Waals surface area contributed by atoms with Crippen molar-refractivity contribution in [3.05, 3.63) is 0 Å². The van der Waals surface area contributed by atoms with E-state index in [1.165, 1.54) is 0 Å². The maximum absolute atomic E-state index is 10.2. The van der Waals surface area contributed by atoms with Crippen molar-refractivity contribution in [2.24, 2.45) is 5.16 Å². The Kier molecular flexibility index (Phi) is 3.04. The fraction of sp³-hybridized carbons (Fsp3) is 0.250. The predicted molar refractivity (Wildman–Crippen MR) is 27.3 cm³/mol. The predicted octanol–water partition coefficient (Wildman–Crippen LogP) is -0.812. The average molecular weight is 131 g/mol. The number of hydrogen-bond donors (Lipinski definition) is 1. The first-order valence-electron chi connectivity index (χ1n) is 2.01. The van der Waals surface area contributed by atoms with Crippen LogP contribution in [0.25, 0.3) is 0 Å². The molecule has 0 aromatic heterocycles. The molecule has 0 heterocycles. The molecule has 0 unspecified atom stereocenters. The van der Waals surface area contributed by atoms with Crippen molar-refractivity contribution in [2.45, 2.75) is 0 Å². The third-order valence-corrected chi connectivity index (χ3v) is 0.614. The van der Waals surface area contributed by atoms with Crippen LogP contribution in [-0.2, 0) is 14.3 Å². The van der Waals surface area contributed by atoms with Gasteiger partial charge in [0.1, 0.15) is 0 Å². The molecular formula is C4H5NO4. The van der Waals surface area contributed by atoms with Crippen LogP contribution in [0.5, 0.6) is 0 Å². The number of oxime groups is 1. The lowest BCUT2D eigenvalue weighted by Gasteiger charge is -1.90. The molecule has 9 heavy (non-hydrogen) atoms. The molecule has 0 saturated heterocycles. The van der Waals surface area contributed by atoms with Crippen LogP contribution < -0.4 is 0 Å². The number of aldehydes is 1. The maximum Gasteiger partial charge on any atom is 0.363 e. The van der Waals surface area contributed by atoms with E-state index in [9.17, 15) is 9.59 Å². The number of ether oxygens (including phenoxy) is 1. The van der Waals surface area contributed by atoms with Crippen LogP contribution in [0, 0.1) is 0 Å². The van der Waals surface area contributed by atoms with E-state index in [1.807, 2.05) is 0 Å². The van der Waals surface area contributed by atoms with Crippen molar-refractivity contribution >= 4 is 18.0 Å². The number of rotatable bonds is 2. The van der Waals surface area contributed by atoms with Crippen molar-refractivity contribution < 1.29 is 19.5 Å². The van der Waals surface area contributed by atoms with Crippen molar-refractivity contribution in [2.75, 3.05) is 7.11 Å². The van der Waals surface area contributed by atoms with Crippen LogP contribution in [0.15, 0.2) is 5.16 Å². The van der Waals surface area contributed by atoms with Crippen LogP contribution in [-0.4, -0.2) is 30.3 Å². The normalized spacial score (nSPS) is 10.6. The third-order valence-electron chi connectivity index (χ3n) is 0.614. The van der Waals surface area contributed by atoms with Crippen molar-refractivity contribution in [1.29, 1.82) is 0 Å². The highest BCUT2D eigenvalue weighted by Crippen LogP contribution is 1.75. The van der Waals surface area contributed by atoms with E-state index >= 15 is 0 Å². The molecule has 0 rings (SSSR count). The molecule has 5 heteroatoms. The van der Waals surface area contributed by atoms with Gasteiger partial charge in [-0.15, -0.1) is 0 Å². The zero-order valence-corrected chi connectivity index (χ0v) is 4.70. The highest BCUT2D eigenvalue weighted by atomic mass is 16.5. The van der Waals surface area contributed by atoms with Gasteiger partial charge in [0, 0.05) is 0 Å². The second-order valence-corrected chi connectivity index (χ2v) is 1.09. The molecule has 0 radical (unpaired) electrons. The topological polar surface area (TPSA) is 76.0 Å². The van der Waals surface area contributed by atoms with Gasteiger partial charge in [0.2, 0.25) is 5.71 Å². The Labute approximate surface area is 50.9 Å². The molecule has 0 spiro atoms. The number of carbonyl (C=O) groups excluding carboxylic acids is 2. The van der Waals surface area contributed by atoms with Gasteiger partial charge in [-0.2, -0.15) is 0 Å². The van der Waals surface area contributed by atoms with Gasteiger partial charge in [-0.25, -0.2) is 4.79 Å². The summed E-state index contributed by atoms with van der Waals surface area (Å²) in [6, 6.07) is 0.